The molecule has 0 unspecified atom stereocenters. The number of nitrogens with zero attached hydrogens (tertiary/aromatic N) is 1. The summed E-state index contributed by atoms with van der Waals surface area (Å²) in [6.45, 7) is 6.22. The molecule has 6 atom stereocenters. The molecule has 3 rings (SSSR count). The van der Waals surface area contributed by atoms with Crippen molar-refractivity contribution in [2.45, 2.75) is 58.3 Å². The van der Waals surface area contributed by atoms with Crippen LogP contribution in [0.3, 0.4) is 0 Å². The number of benzene rings is 1. The number of hydrogen-bond acceptors (Lipinski definition) is 9. The van der Waals surface area contributed by atoms with Gasteiger partial charge in [0.05, 0.1) is 18.8 Å². The van der Waals surface area contributed by atoms with E-state index < -0.39 is 55.4 Å². The second-order valence-electron chi connectivity index (χ2n) is 8.47. The average Bonchev–Trinajstić information content (AvgIpc) is 3.06. The maximum Gasteiger partial charge on any atom is 0.459 e. The predicted molar refractivity (Wildman–Crippen MR) is 125 cm³/mol. The number of carbonyl (C=O) groups excluding carboxylic acids is 1. The summed E-state index contributed by atoms with van der Waals surface area (Å²) in [5.74, 6) is -0.933. The quantitative estimate of drug-likeness (QED) is 0.316. The number of nitrogens with one attached hydrogen (secondary N) is 2. The fraction of sp³-hybridized carbons (Fsp3) is 0.500. The van der Waals surface area contributed by atoms with Crippen LogP contribution in [0.25, 0.3) is 0 Å². The van der Waals surface area contributed by atoms with Gasteiger partial charge in [-0.2, -0.15) is 5.09 Å². The topological polar surface area (TPSA) is 158 Å². The molecular weight excluding hydrogens is 481 g/mol. The number of aromatic nitrogens is 2. The summed E-state index contributed by atoms with van der Waals surface area (Å²) in [4.78, 5) is 37.9. The van der Waals surface area contributed by atoms with Crippen LogP contribution in [0, 0.1) is 5.92 Å². The molecule has 13 heteroatoms. The first-order valence-electron chi connectivity index (χ1n) is 11.1. The number of aliphatic hydroxyl groups excluding tert-OH is 1. The molecule has 1 aromatic carbocycles. The molecule has 192 valence electrons. The standard InChI is InChI=1S/C22H30N3O9P/c1-13(2)32-21(28)15(4)24-35(30,34-16-8-6-5-7-9-16)31-12-17-14(3)19(27)20(33-17)25-11-10-18(26)23-22(25)29/h5-11,13-15,17,19-20,27H,12H2,1-4H3,(H,24,30)(H,23,26,29)/t14-,15+,17-,19-,20-,35-/m1/s1. The lowest BCUT2D eigenvalue weighted by Crippen LogP contribution is -2.37. The lowest BCUT2D eigenvalue weighted by Gasteiger charge is -2.25. The van der Waals surface area contributed by atoms with Crippen LogP contribution in [0.5, 0.6) is 5.75 Å². The van der Waals surface area contributed by atoms with Crippen molar-refractivity contribution >= 4 is 13.7 Å². The highest BCUT2D eigenvalue weighted by molar-refractivity contribution is 7.52. The molecule has 0 radical (unpaired) electrons. The zero-order valence-corrected chi connectivity index (χ0v) is 20.7. The van der Waals surface area contributed by atoms with E-state index in [0.29, 0.717) is 0 Å². The van der Waals surface area contributed by atoms with Crippen LogP contribution < -0.4 is 20.9 Å². The zero-order valence-electron chi connectivity index (χ0n) is 19.8. The van der Waals surface area contributed by atoms with Gasteiger partial charge in [-0.15, -0.1) is 0 Å². The van der Waals surface area contributed by atoms with Crippen LogP contribution in [0.1, 0.15) is 33.9 Å². The largest absolute Gasteiger partial charge is 0.462 e. The van der Waals surface area contributed by atoms with Gasteiger partial charge in [0.25, 0.3) is 5.56 Å². The maximum absolute atomic E-state index is 13.6. The van der Waals surface area contributed by atoms with Gasteiger partial charge in [-0.1, -0.05) is 25.1 Å². The Morgan fingerprint density at radius 3 is 2.54 bits per heavy atom. The van der Waals surface area contributed by atoms with E-state index in [4.69, 9.17) is 18.5 Å². The first-order valence-corrected chi connectivity index (χ1v) is 12.7. The van der Waals surface area contributed by atoms with Gasteiger partial charge in [0.2, 0.25) is 0 Å². The first-order chi connectivity index (χ1) is 16.5. The van der Waals surface area contributed by atoms with Gasteiger partial charge >= 0.3 is 19.4 Å². The first kappa shape index (κ1) is 26.8. The van der Waals surface area contributed by atoms with Crippen molar-refractivity contribution in [3.8, 4) is 5.75 Å². The minimum Gasteiger partial charge on any atom is -0.462 e. The highest BCUT2D eigenvalue weighted by atomic mass is 31.2. The lowest BCUT2D eigenvalue weighted by molar-refractivity contribution is -0.149. The highest BCUT2D eigenvalue weighted by Crippen LogP contribution is 2.46. The normalized spacial score (nSPS) is 24.6. The summed E-state index contributed by atoms with van der Waals surface area (Å²) in [6, 6.07) is 8.38. The number of esters is 1. The molecule has 0 amide bonds. The molecule has 0 spiro atoms. The molecule has 1 aliphatic rings. The molecule has 3 N–H and O–H groups in total. The summed E-state index contributed by atoms with van der Waals surface area (Å²) in [7, 11) is -4.13. The average molecular weight is 511 g/mol. The van der Waals surface area contributed by atoms with Crippen LogP contribution in [0.2, 0.25) is 0 Å². The summed E-state index contributed by atoms with van der Waals surface area (Å²) in [5, 5.41) is 13.2. The van der Waals surface area contributed by atoms with Crippen molar-refractivity contribution in [3.05, 3.63) is 63.4 Å². The van der Waals surface area contributed by atoms with E-state index in [1.54, 1.807) is 51.1 Å². The van der Waals surface area contributed by atoms with E-state index in [-0.39, 0.29) is 18.5 Å². The van der Waals surface area contributed by atoms with Crippen LogP contribution in [0.15, 0.2) is 52.2 Å². The third-order valence-electron chi connectivity index (χ3n) is 5.29. The smallest absolute Gasteiger partial charge is 0.459 e. The van der Waals surface area contributed by atoms with Gasteiger partial charge in [-0.3, -0.25) is 23.7 Å². The van der Waals surface area contributed by atoms with Crippen molar-refractivity contribution in [1.82, 2.24) is 14.6 Å². The van der Waals surface area contributed by atoms with Gasteiger partial charge in [0.1, 0.15) is 17.9 Å². The fourth-order valence-corrected chi connectivity index (χ4v) is 4.92. The Morgan fingerprint density at radius 2 is 1.91 bits per heavy atom. The summed E-state index contributed by atoms with van der Waals surface area (Å²) in [6.07, 6.45) is -2.15. The van der Waals surface area contributed by atoms with Crippen molar-refractivity contribution in [2.24, 2.45) is 5.92 Å². The van der Waals surface area contributed by atoms with E-state index in [2.05, 4.69) is 10.1 Å². The second kappa shape index (κ2) is 11.3. The van der Waals surface area contributed by atoms with Crippen LogP contribution in [-0.2, 0) is 23.4 Å². The molecule has 0 aliphatic carbocycles. The summed E-state index contributed by atoms with van der Waals surface area (Å²) in [5.41, 5.74) is -1.32. The fourth-order valence-electron chi connectivity index (χ4n) is 3.42. The number of carbonyl (C=O) groups is 1. The molecule has 1 saturated heterocycles. The Kier molecular flexibility index (Phi) is 8.68. The molecule has 1 aliphatic heterocycles. The third kappa shape index (κ3) is 6.89. The van der Waals surface area contributed by atoms with Crippen molar-refractivity contribution in [3.63, 3.8) is 0 Å². The SMILES string of the molecule is CC(C)OC(=O)[C@H](C)N[P@@](=O)(OC[C@H]1O[C@@H](n2ccc(=O)[nH]c2=O)[C@H](O)[C@@H]1C)Oc1ccccc1. The summed E-state index contributed by atoms with van der Waals surface area (Å²) >= 11 is 0. The number of ether oxygens (including phenoxy) is 2. The van der Waals surface area contributed by atoms with Crippen LogP contribution in [-0.4, -0.2) is 51.6 Å². The molecular formula is C22H30N3O9P. The van der Waals surface area contributed by atoms with E-state index in [1.807, 2.05) is 0 Å². The van der Waals surface area contributed by atoms with E-state index >= 15 is 0 Å². The Balaban J connectivity index is 1.75. The molecule has 0 saturated carbocycles. The Hall–Kier alpha value is -2.76. The van der Waals surface area contributed by atoms with Crippen LogP contribution >= 0.6 is 7.75 Å². The van der Waals surface area contributed by atoms with Gasteiger partial charge in [-0.05, 0) is 32.9 Å². The monoisotopic (exact) mass is 511 g/mol. The minimum atomic E-state index is -4.13. The van der Waals surface area contributed by atoms with Gasteiger partial charge in [0, 0.05) is 18.2 Å². The van der Waals surface area contributed by atoms with Gasteiger partial charge in [-0.25, -0.2) is 9.36 Å². The molecule has 0 bridgehead atoms. The Morgan fingerprint density at radius 1 is 1.23 bits per heavy atom. The number of aliphatic hydroxyl groups is 1. The Bertz CT molecular complexity index is 1170. The highest BCUT2D eigenvalue weighted by Gasteiger charge is 2.44. The minimum absolute atomic E-state index is 0.242. The van der Waals surface area contributed by atoms with Gasteiger partial charge in [0.15, 0.2) is 6.23 Å². The lowest BCUT2D eigenvalue weighted by atomic mass is 10.0. The van der Waals surface area contributed by atoms with E-state index in [1.165, 1.54) is 13.1 Å². The van der Waals surface area contributed by atoms with E-state index in [9.17, 15) is 24.1 Å². The molecule has 2 heterocycles. The number of H-pyrrole nitrogens is 1. The van der Waals surface area contributed by atoms with Crippen molar-refractivity contribution < 1.29 is 33.0 Å². The molecule has 1 fully saturated rings. The third-order valence-corrected chi connectivity index (χ3v) is 6.94. The molecule has 12 nitrogen and oxygen atoms in total. The predicted octanol–water partition coefficient (Wildman–Crippen LogP) is 1.56. The van der Waals surface area contributed by atoms with Crippen LogP contribution in [0.4, 0.5) is 0 Å². The summed E-state index contributed by atoms with van der Waals surface area (Å²) < 4.78 is 36.8. The second-order valence-corrected chi connectivity index (χ2v) is 10.2. The number of rotatable bonds is 10. The van der Waals surface area contributed by atoms with Crippen molar-refractivity contribution in [1.29, 1.82) is 0 Å². The van der Waals surface area contributed by atoms with Gasteiger partial charge < -0.3 is 19.1 Å². The molecule has 2 aromatic rings. The number of aromatic amines is 1. The zero-order chi connectivity index (χ0) is 25.8. The Labute approximate surface area is 201 Å². The molecule has 35 heavy (non-hydrogen) atoms. The van der Waals surface area contributed by atoms with Crippen molar-refractivity contribution in [2.75, 3.05) is 6.61 Å². The number of hydrogen-bond donors (Lipinski definition) is 3. The van der Waals surface area contributed by atoms with E-state index in [0.717, 1.165) is 10.6 Å². The number of para-hydroxylation sites is 1. The molecule has 1 aromatic heterocycles. The maximum atomic E-state index is 13.6.